The molecule has 0 unspecified atom stereocenters. The van der Waals surface area contributed by atoms with E-state index >= 15 is 0 Å². The van der Waals surface area contributed by atoms with Gasteiger partial charge in [-0.15, -0.1) is 0 Å². The summed E-state index contributed by atoms with van der Waals surface area (Å²) in [5.41, 5.74) is 21.1. The average molecular weight is 843 g/mol. The number of hydrogen-bond acceptors (Lipinski definition) is 2. The largest absolute Gasteiger partial charge is 0.310 e. The molecule has 3 heterocycles. The molecule has 10 aromatic rings. The van der Waals surface area contributed by atoms with Crippen LogP contribution in [-0.4, -0.2) is 14.8 Å². The van der Waals surface area contributed by atoms with E-state index in [9.17, 15) is 0 Å². The molecule has 0 bridgehead atoms. The van der Waals surface area contributed by atoms with E-state index in [1.165, 1.54) is 111 Å². The van der Waals surface area contributed by atoms with E-state index in [1.54, 1.807) is 0 Å². The molecule has 10 aromatic carbocycles. The van der Waals surface area contributed by atoms with Crippen molar-refractivity contribution in [3.05, 3.63) is 243 Å². The van der Waals surface area contributed by atoms with Gasteiger partial charge in [-0.05, 0) is 68.1 Å². The molecule has 13 rings (SSSR count). The van der Waals surface area contributed by atoms with Crippen LogP contribution in [0.5, 0.6) is 0 Å². The molecular formula is C61H43BN2Si. The molecule has 0 amide bonds. The molecule has 0 saturated heterocycles. The van der Waals surface area contributed by atoms with E-state index in [0.29, 0.717) is 0 Å². The van der Waals surface area contributed by atoms with Crippen LogP contribution in [0.25, 0.3) is 44.5 Å². The predicted molar refractivity (Wildman–Crippen MR) is 279 cm³/mol. The quantitative estimate of drug-likeness (QED) is 0.148. The van der Waals surface area contributed by atoms with Crippen LogP contribution < -0.4 is 41.7 Å². The van der Waals surface area contributed by atoms with Crippen molar-refractivity contribution < 1.29 is 0 Å². The first kappa shape index (κ1) is 37.6. The molecule has 0 aliphatic carbocycles. The van der Waals surface area contributed by atoms with Crippen molar-refractivity contribution in [3.63, 3.8) is 0 Å². The van der Waals surface area contributed by atoms with Gasteiger partial charge in [0.05, 0.1) is 11.4 Å². The van der Waals surface area contributed by atoms with Crippen LogP contribution in [-0.2, 0) is 0 Å². The van der Waals surface area contributed by atoms with E-state index in [-0.39, 0.29) is 6.71 Å². The number of rotatable bonds is 7. The summed E-state index contributed by atoms with van der Waals surface area (Å²) in [5, 5.41) is 4.40. The van der Waals surface area contributed by atoms with Crippen molar-refractivity contribution in [2.75, 3.05) is 9.80 Å². The molecule has 0 fully saturated rings. The summed E-state index contributed by atoms with van der Waals surface area (Å²) in [5.74, 6) is 0. The monoisotopic (exact) mass is 842 g/mol. The van der Waals surface area contributed by atoms with E-state index in [2.05, 4.69) is 259 Å². The first-order valence-corrected chi connectivity index (χ1v) is 25.2. The molecule has 0 spiro atoms. The number of anilines is 6. The number of nitrogens with zero attached hydrogens (tertiary/aromatic N) is 2. The van der Waals surface area contributed by atoms with Crippen LogP contribution in [0.3, 0.4) is 0 Å². The molecule has 3 aliphatic rings. The fraction of sp³-hybridized carbons (Fsp3) is 0.0164. The van der Waals surface area contributed by atoms with Gasteiger partial charge in [-0.3, -0.25) is 0 Å². The van der Waals surface area contributed by atoms with E-state index in [1.807, 2.05) is 0 Å². The third-order valence-corrected chi connectivity index (χ3v) is 18.9. The Morgan fingerprint density at radius 2 is 0.585 bits per heavy atom. The highest BCUT2D eigenvalue weighted by Gasteiger charge is 2.54. The van der Waals surface area contributed by atoms with Crippen LogP contribution in [0.15, 0.2) is 243 Å². The number of benzene rings is 10. The summed E-state index contributed by atoms with van der Waals surface area (Å²) in [4.78, 5) is 5.30. The minimum absolute atomic E-state index is 0.0310. The molecule has 0 saturated carbocycles. The second-order valence-corrected chi connectivity index (χ2v) is 21.6. The maximum atomic E-state index is 2.65. The molecule has 304 valence electrons. The minimum atomic E-state index is -2.66. The molecule has 4 heteroatoms. The maximum Gasteiger partial charge on any atom is 0.251 e. The zero-order valence-corrected chi connectivity index (χ0v) is 37.1. The first-order chi connectivity index (χ1) is 32.2. The molecular weight excluding hydrogens is 800 g/mol. The molecule has 0 radical (unpaired) electrons. The zero-order valence-electron chi connectivity index (χ0n) is 36.1. The van der Waals surface area contributed by atoms with Crippen molar-refractivity contribution >= 4 is 80.9 Å². The highest BCUT2D eigenvalue weighted by molar-refractivity contribution is 7.21. The van der Waals surface area contributed by atoms with Crippen LogP contribution in [0.4, 0.5) is 34.1 Å². The van der Waals surface area contributed by atoms with Crippen LogP contribution in [0.1, 0.15) is 0 Å². The van der Waals surface area contributed by atoms with Gasteiger partial charge in [0.2, 0.25) is 0 Å². The average Bonchev–Trinajstić information content (AvgIpc) is 3.39. The Morgan fingerprint density at radius 1 is 0.292 bits per heavy atom. The fourth-order valence-electron chi connectivity index (χ4n) is 11.6. The summed E-state index contributed by atoms with van der Waals surface area (Å²) in [7, 11) is -2.66. The van der Waals surface area contributed by atoms with Crippen molar-refractivity contribution in [2.45, 2.75) is 6.55 Å². The van der Waals surface area contributed by atoms with Crippen molar-refractivity contribution in [3.8, 4) is 44.5 Å². The fourth-order valence-corrected chi connectivity index (χ4v) is 15.8. The highest BCUT2D eigenvalue weighted by atomic mass is 28.3. The molecule has 0 aromatic heterocycles. The van der Waals surface area contributed by atoms with Crippen molar-refractivity contribution in [1.29, 1.82) is 0 Å². The minimum Gasteiger partial charge on any atom is -0.310 e. The Hall–Kier alpha value is -7.92. The van der Waals surface area contributed by atoms with Crippen LogP contribution in [0.2, 0.25) is 6.55 Å². The van der Waals surface area contributed by atoms with Gasteiger partial charge in [0.15, 0.2) is 0 Å². The lowest BCUT2D eigenvalue weighted by Crippen LogP contribution is -2.83. The van der Waals surface area contributed by atoms with Crippen molar-refractivity contribution in [1.82, 2.24) is 0 Å². The lowest BCUT2D eigenvalue weighted by molar-refractivity contribution is 1.25. The van der Waals surface area contributed by atoms with Gasteiger partial charge < -0.3 is 9.80 Å². The van der Waals surface area contributed by atoms with E-state index < -0.39 is 8.07 Å². The Kier molecular flexibility index (Phi) is 8.59. The van der Waals surface area contributed by atoms with Gasteiger partial charge in [-0.2, -0.15) is 0 Å². The topological polar surface area (TPSA) is 6.48 Å². The summed E-state index contributed by atoms with van der Waals surface area (Å²) in [6.45, 7) is 2.64. The Morgan fingerprint density at radius 3 is 0.938 bits per heavy atom. The molecule has 3 aliphatic heterocycles. The SMILES string of the molecule is C[Si]1(c2ccccc2)c2cccc3c2B2c4c(cccc4N(c4c(-c5ccccc5)cccc4-c4ccccc4)c4cccc1c42)N3c1c(-c2ccccc2)cccc1-c1ccccc1. The molecule has 65 heavy (non-hydrogen) atoms. The van der Waals surface area contributed by atoms with Gasteiger partial charge in [-0.25, -0.2) is 0 Å². The van der Waals surface area contributed by atoms with Crippen LogP contribution >= 0.6 is 0 Å². The lowest BCUT2D eigenvalue weighted by atomic mass is 9.33. The first-order valence-electron chi connectivity index (χ1n) is 22.7. The Labute approximate surface area is 382 Å². The van der Waals surface area contributed by atoms with E-state index in [0.717, 1.165) is 0 Å². The second kappa shape index (κ2) is 14.8. The Balaban J connectivity index is 1.20. The normalized spacial score (nSPS) is 13.6. The summed E-state index contributed by atoms with van der Waals surface area (Å²) < 4.78 is 0. The third kappa shape index (κ3) is 5.54. The van der Waals surface area contributed by atoms with E-state index in [4.69, 9.17) is 0 Å². The van der Waals surface area contributed by atoms with Gasteiger partial charge in [-0.1, -0.05) is 235 Å². The summed E-state index contributed by atoms with van der Waals surface area (Å²) >= 11 is 0. The standard InChI is InChI=1S/C61H43BN2Si/c1-65(46-30-15-6-16-31-46)55-40-20-38-53-58(55)62-57-51(63(53)60-47(42-22-7-2-8-23-42)32-17-33-48(60)43-24-9-3-10-25-43)36-19-37-52(57)64(54-39-21-41-56(65)59(54)62)61-49(44-26-11-4-12-27-44)34-18-35-50(61)45-28-13-5-14-29-45/h2-41H,1H3. The van der Waals surface area contributed by atoms with Gasteiger partial charge in [0.1, 0.15) is 8.07 Å². The third-order valence-electron chi connectivity index (χ3n) is 14.3. The van der Waals surface area contributed by atoms with Crippen LogP contribution in [0, 0.1) is 0 Å². The second-order valence-electron chi connectivity index (χ2n) is 17.6. The summed E-state index contributed by atoms with van der Waals surface area (Å²) in [6.07, 6.45) is 0. The number of para-hydroxylation sites is 2. The van der Waals surface area contributed by atoms with Crippen molar-refractivity contribution in [2.24, 2.45) is 0 Å². The molecule has 0 atom stereocenters. The maximum absolute atomic E-state index is 2.66. The van der Waals surface area contributed by atoms with Gasteiger partial charge >= 0.3 is 0 Å². The predicted octanol–water partition coefficient (Wildman–Crippen LogP) is 11.9. The van der Waals surface area contributed by atoms with Gasteiger partial charge in [0.25, 0.3) is 6.71 Å². The Bertz CT molecular complexity index is 3130. The zero-order chi connectivity index (χ0) is 43.1. The molecule has 0 N–H and O–H groups in total. The van der Waals surface area contributed by atoms with Gasteiger partial charge in [0, 0.05) is 45.0 Å². The highest BCUT2D eigenvalue weighted by Crippen LogP contribution is 2.52. The summed E-state index contributed by atoms with van der Waals surface area (Å²) in [6, 6.07) is 90.5. The molecule has 2 nitrogen and oxygen atoms in total. The number of hydrogen-bond donors (Lipinski definition) is 0. The lowest BCUT2D eigenvalue weighted by Gasteiger charge is -2.51. The smallest absolute Gasteiger partial charge is 0.251 e.